The lowest BCUT2D eigenvalue weighted by molar-refractivity contribution is -0.137. The molecule has 2 aliphatic rings. The van der Waals surface area contributed by atoms with E-state index in [1.807, 2.05) is 4.90 Å². The maximum atomic E-state index is 12.5. The van der Waals surface area contributed by atoms with E-state index in [0.29, 0.717) is 17.6 Å². The number of hydrogen-bond donors (Lipinski definition) is 1. The SMILES string of the molecule is CC(Oc1ccc(O)cc1)C(=O)N1CC2CCCCC2C1. The lowest BCUT2D eigenvalue weighted by atomic mass is 9.82. The smallest absolute Gasteiger partial charge is 0.263 e. The van der Waals surface area contributed by atoms with Gasteiger partial charge in [-0.3, -0.25) is 4.79 Å². The van der Waals surface area contributed by atoms with Crippen molar-refractivity contribution < 1.29 is 14.6 Å². The second-order valence-electron chi connectivity index (χ2n) is 6.30. The summed E-state index contributed by atoms with van der Waals surface area (Å²) in [5, 5.41) is 9.26. The third kappa shape index (κ3) is 3.14. The second kappa shape index (κ2) is 5.96. The molecule has 1 saturated carbocycles. The van der Waals surface area contributed by atoms with Crippen molar-refractivity contribution in [3.05, 3.63) is 24.3 Å². The Morgan fingerprint density at radius 2 is 1.76 bits per heavy atom. The maximum Gasteiger partial charge on any atom is 0.263 e. The number of benzene rings is 1. The van der Waals surface area contributed by atoms with Crippen molar-refractivity contribution in [2.75, 3.05) is 13.1 Å². The summed E-state index contributed by atoms with van der Waals surface area (Å²) in [4.78, 5) is 14.5. The third-order valence-corrected chi connectivity index (χ3v) is 4.79. The largest absolute Gasteiger partial charge is 0.508 e. The van der Waals surface area contributed by atoms with Gasteiger partial charge in [-0.15, -0.1) is 0 Å². The van der Waals surface area contributed by atoms with Crippen LogP contribution in [0, 0.1) is 11.8 Å². The molecule has 1 aliphatic carbocycles. The maximum absolute atomic E-state index is 12.5. The summed E-state index contributed by atoms with van der Waals surface area (Å²) in [7, 11) is 0. The molecular weight excluding hydrogens is 266 g/mol. The van der Waals surface area contributed by atoms with E-state index in [4.69, 9.17) is 4.74 Å². The van der Waals surface area contributed by atoms with Gasteiger partial charge in [-0.05, 0) is 55.9 Å². The van der Waals surface area contributed by atoms with Crippen molar-refractivity contribution in [2.45, 2.75) is 38.7 Å². The summed E-state index contributed by atoms with van der Waals surface area (Å²) in [5.41, 5.74) is 0. The second-order valence-corrected chi connectivity index (χ2v) is 6.30. The average molecular weight is 289 g/mol. The molecule has 4 nitrogen and oxygen atoms in total. The van der Waals surface area contributed by atoms with Crippen LogP contribution < -0.4 is 4.74 Å². The number of phenols is 1. The monoisotopic (exact) mass is 289 g/mol. The van der Waals surface area contributed by atoms with Gasteiger partial charge >= 0.3 is 0 Å². The van der Waals surface area contributed by atoms with Crippen molar-refractivity contribution in [3.63, 3.8) is 0 Å². The molecule has 114 valence electrons. The molecule has 0 aromatic heterocycles. The fourth-order valence-electron chi connectivity index (χ4n) is 3.62. The number of amides is 1. The highest BCUT2D eigenvalue weighted by Gasteiger charge is 2.37. The van der Waals surface area contributed by atoms with Gasteiger partial charge in [0.2, 0.25) is 0 Å². The van der Waals surface area contributed by atoms with Crippen LogP contribution >= 0.6 is 0 Å². The Morgan fingerprint density at radius 1 is 1.19 bits per heavy atom. The number of hydrogen-bond acceptors (Lipinski definition) is 3. The van der Waals surface area contributed by atoms with Crippen LogP contribution in [0.15, 0.2) is 24.3 Å². The molecule has 21 heavy (non-hydrogen) atoms. The van der Waals surface area contributed by atoms with E-state index >= 15 is 0 Å². The number of phenolic OH excluding ortho intramolecular Hbond substituents is 1. The van der Waals surface area contributed by atoms with Crippen LogP contribution in [-0.4, -0.2) is 35.1 Å². The molecule has 1 heterocycles. The number of ether oxygens (including phenoxy) is 1. The Bertz CT molecular complexity index is 485. The summed E-state index contributed by atoms with van der Waals surface area (Å²) in [6.07, 6.45) is 4.67. The van der Waals surface area contributed by atoms with Crippen LogP contribution in [0.2, 0.25) is 0 Å². The average Bonchev–Trinajstić information content (AvgIpc) is 2.92. The Hall–Kier alpha value is -1.71. The molecule has 1 N–H and O–H groups in total. The zero-order chi connectivity index (χ0) is 14.8. The first-order valence-corrected chi connectivity index (χ1v) is 7.88. The van der Waals surface area contributed by atoms with Crippen LogP contribution in [0.4, 0.5) is 0 Å². The molecule has 2 fully saturated rings. The van der Waals surface area contributed by atoms with Crippen molar-refractivity contribution in [1.29, 1.82) is 0 Å². The molecule has 4 heteroatoms. The number of carbonyl (C=O) groups is 1. The number of fused-ring (bicyclic) bond motifs is 1. The molecule has 0 spiro atoms. The Labute approximate surface area is 125 Å². The van der Waals surface area contributed by atoms with E-state index in [1.54, 1.807) is 31.2 Å². The van der Waals surface area contributed by atoms with Gasteiger partial charge in [0, 0.05) is 13.1 Å². The number of aromatic hydroxyl groups is 1. The van der Waals surface area contributed by atoms with Gasteiger partial charge < -0.3 is 14.7 Å². The van der Waals surface area contributed by atoms with Crippen LogP contribution in [0.1, 0.15) is 32.6 Å². The van der Waals surface area contributed by atoms with Crippen LogP contribution in [0.25, 0.3) is 0 Å². The molecule has 1 aromatic carbocycles. The summed E-state index contributed by atoms with van der Waals surface area (Å²) >= 11 is 0. The van der Waals surface area contributed by atoms with Crippen molar-refractivity contribution >= 4 is 5.91 Å². The molecule has 3 atom stereocenters. The normalized spacial score (nSPS) is 26.2. The predicted molar refractivity (Wildman–Crippen MR) is 80.2 cm³/mol. The Morgan fingerprint density at radius 3 is 2.33 bits per heavy atom. The van der Waals surface area contributed by atoms with E-state index in [9.17, 15) is 9.90 Å². The minimum absolute atomic E-state index is 0.0810. The summed E-state index contributed by atoms with van der Waals surface area (Å²) in [5.74, 6) is 2.29. The zero-order valence-electron chi connectivity index (χ0n) is 12.5. The summed E-state index contributed by atoms with van der Waals surface area (Å²) in [6, 6.07) is 6.50. The zero-order valence-corrected chi connectivity index (χ0v) is 12.5. The number of nitrogens with zero attached hydrogens (tertiary/aromatic N) is 1. The molecular formula is C17H23NO3. The highest BCUT2D eigenvalue weighted by Crippen LogP contribution is 2.36. The highest BCUT2D eigenvalue weighted by molar-refractivity contribution is 5.81. The number of likely N-dealkylation sites (tertiary alicyclic amines) is 1. The minimum Gasteiger partial charge on any atom is -0.508 e. The van der Waals surface area contributed by atoms with Gasteiger partial charge in [-0.1, -0.05) is 12.8 Å². The van der Waals surface area contributed by atoms with Crippen LogP contribution in [0.5, 0.6) is 11.5 Å². The van der Waals surface area contributed by atoms with E-state index in [0.717, 1.165) is 13.1 Å². The van der Waals surface area contributed by atoms with Gasteiger partial charge in [0.15, 0.2) is 6.10 Å². The summed E-state index contributed by atoms with van der Waals surface area (Å²) in [6.45, 7) is 3.59. The van der Waals surface area contributed by atoms with Gasteiger partial charge in [0.25, 0.3) is 5.91 Å². The molecule has 1 amide bonds. The molecule has 0 radical (unpaired) electrons. The van der Waals surface area contributed by atoms with E-state index in [1.165, 1.54) is 25.7 Å². The Balaban J connectivity index is 1.58. The fourth-order valence-corrected chi connectivity index (χ4v) is 3.62. The molecule has 1 saturated heterocycles. The quantitative estimate of drug-likeness (QED) is 0.931. The fraction of sp³-hybridized carbons (Fsp3) is 0.588. The van der Waals surface area contributed by atoms with E-state index < -0.39 is 6.10 Å². The number of carbonyl (C=O) groups excluding carboxylic acids is 1. The first kappa shape index (κ1) is 14.2. The minimum atomic E-state index is -0.477. The lowest BCUT2D eigenvalue weighted by Crippen LogP contribution is -2.39. The van der Waals surface area contributed by atoms with Gasteiger partial charge in [0.1, 0.15) is 11.5 Å². The van der Waals surface area contributed by atoms with E-state index in [2.05, 4.69) is 0 Å². The van der Waals surface area contributed by atoms with Crippen LogP contribution in [0.3, 0.4) is 0 Å². The van der Waals surface area contributed by atoms with Gasteiger partial charge in [0.05, 0.1) is 0 Å². The molecule has 3 unspecified atom stereocenters. The molecule has 3 rings (SSSR count). The van der Waals surface area contributed by atoms with Crippen molar-refractivity contribution in [3.8, 4) is 11.5 Å². The highest BCUT2D eigenvalue weighted by atomic mass is 16.5. The third-order valence-electron chi connectivity index (χ3n) is 4.79. The molecule has 0 bridgehead atoms. The topological polar surface area (TPSA) is 49.8 Å². The summed E-state index contributed by atoms with van der Waals surface area (Å²) < 4.78 is 5.69. The predicted octanol–water partition coefficient (Wildman–Crippen LogP) is 2.81. The first-order valence-electron chi connectivity index (χ1n) is 7.88. The van der Waals surface area contributed by atoms with Gasteiger partial charge in [-0.25, -0.2) is 0 Å². The van der Waals surface area contributed by atoms with Crippen molar-refractivity contribution in [1.82, 2.24) is 4.90 Å². The number of rotatable bonds is 3. The molecule has 1 aromatic rings. The Kier molecular flexibility index (Phi) is 4.04. The van der Waals surface area contributed by atoms with Crippen LogP contribution in [-0.2, 0) is 4.79 Å². The lowest BCUT2D eigenvalue weighted by Gasteiger charge is -2.22. The first-order chi connectivity index (χ1) is 10.1. The van der Waals surface area contributed by atoms with Crippen molar-refractivity contribution in [2.24, 2.45) is 11.8 Å². The van der Waals surface area contributed by atoms with Gasteiger partial charge in [-0.2, -0.15) is 0 Å². The van der Waals surface area contributed by atoms with E-state index in [-0.39, 0.29) is 11.7 Å². The molecule has 1 aliphatic heterocycles. The standard InChI is InChI=1S/C17H23NO3/c1-12(21-16-8-6-15(19)7-9-16)17(20)18-10-13-4-2-3-5-14(13)11-18/h6-9,12-14,19H,2-5,10-11H2,1H3.